The van der Waals surface area contributed by atoms with Crippen molar-refractivity contribution in [1.29, 1.82) is 0 Å². The summed E-state index contributed by atoms with van der Waals surface area (Å²) in [7, 11) is 15.1. The zero-order chi connectivity index (χ0) is 109. The molecule has 2 aromatic carbocycles. The molecule has 18 aromatic rings. The molecule has 39 nitrogen and oxygen atoms in total. The second-order valence-corrected chi connectivity index (χ2v) is 40.9. The van der Waals surface area contributed by atoms with Crippen molar-refractivity contribution in [3.63, 3.8) is 0 Å². The number of carbonyl (C=O) groups is 5. The van der Waals surface area contributed by atoms with Crippen LogP contribution in [0.3, 0.4) is 0 Å². The number of carbonyl (C=O) groups excluding carboxylic acids is 13. The third-order valence-corrected chi connectivity index (χ3v) is 24.4. The minimum Gasteiger partial charge on any atom is -0.870 e. The molecule has 780 valence electrons. The van der Waals surface area contributed by atoms with Gasteiger partial charge in [-0.25, -0.2) is 39.9 Å². The molecule has 0 aliphatic carbocycles. The van der Waals surface area contributed by atoms with E-state index < -0.39 is 5.20 Å². The van der Waals surface area contributed by atoms with Crippen molar-refractivity contribution in [3.05, 3.63) is 276 Å². The van der Waals surface area contributed by atoms with Gasteiger partial charge >= 0.3 is 67.5 Å². The summed E-state index contributed by atoms with van der Waals surface area (Å²) in [6, 6.07) is 15.6. The number of nitrogens with zero attached hydrogens (tertiary/aromatic N) is 16. The Bertz CT molecular complexity index is 7960. The Kier molecular flexibility index (Phi) is 56.6. The predicted octanol–water partition coefficient (Wildman–Crippen LogP) is 15.3. The number of aldehydes is 1. The molecule has 0 bridgehead atoms. The van der Waals surface area contributed by atoms with E-state index in [0.717, 1.165) is 121 Å². The molecular formula is C95H86Cl13Li2N18O21P. The van der Waals surface area contributed by atoms with Crippen LogP contribution < -0.4 is 57.8 Å². The average molecular weight is 2320 g/mol. The van der Waals surface area contributed by atoms with Crippen molar-refractivity contribution in [2.24, 2.45) is 56.4 Å². The number of aliphatic hydroxyl groups is 3. The standard InChI is InChI=1S/C16H13Cl2N3O2.C16H13Cl2N3O.C10H9ClN2O3.C10H9ClN2O2.C10H11ClN2O.C10H9ClN2O.C10H11ClN2.C9H9ClN2.4CO2.Cl3OP.2Li.2H2O/c1-21-7-9(8-22)13-14(18)12(6-19-15(13)21)16(23)20-11-4-2-10(17)3-5-11;1-9-8-21(2)15-13(9)14(18)12(7-19-15)16(22)20-11-5-3-10(17)4-6-11;1-13-3-6(4-14)8-9(11)7(16-5-15)2-12-10(8)13;1-6-4-13(2)10-8(6)9(11)7(3-12-10)15-5-14;2*1-6-3-12-10-8(9(6)11)7(5-14)4-13(10)2;1-6-4-12-10-8(9(6)11)7(2)5-13(10)3;1-6-5-11-9-7(8(6)10)3-4-12(9)2;4*2-1-3;1-5(2,3)4;;;;/h2-7,22H,8H2,1H3,(H,20,23);3-8H,1-2H3,(H,20,22);2-3,5,14H,4H2,1H3;3-5H,1-2H3;3-4,14H,5H2,1-2H3;3-5H,1-2H3;4-5H,1-3H3;3-5H,1-2H3;;;;;;;;2*1H2/q;;;;;;;;;;;;;2*+1;;/p-2. The molecule has 150 heavy (non-hydrogen) atoms. The van der Waals surface area contributed by atoms with Gasteiger partial charge in [-0.15, -0.1) is 0 Å². The summed E-state index contributed by atoms with van der Waals surface area (Å²) in [6.07, 6.45) is 29.5. The van der Waals surface area contributed by atoms with Gasteiger partial charge in [0, 0.05) is 230 Å². The van der Waals surface area contributed by atoms with Gasteiger partial charge < -0.3 is 82.9 Å². The first kappa shape index (κ1) is 134. The Balaban J connectivity index is 0.000000568. The monoisotopic (exact) mass is 2310 g/mol. The molecule has 0 unspecified atom stereocenters. The molecule has 0 saturated heterocycles. The molecule has 16 aromatic heterocycles. The summed E-state index contributed by atoms with van der Waals surface area (Å²) in [5.41, 5.74) is 17.8. The molecule has 0 spiro atoms. The number of nitrogens with one attached hydrogen (secondary N) is 2. The SMILES string of the molecule is Cc1cn(C)c2ncc(C(=O)Nc3ccc(Cl)cc3)c(Cl)c12.Cc1cn(C)c2ncc(OC=O)c(Cl)c12.Cc1cnc2c(c(C)cn2C)c1Cl.Cc1cnc2c(c(C=O)cn2C)c1Cl.Cc1cnc2c(c(CO)cn2C)c1Cl.Cc1cnc2c(ccn2C)c1Cl.Cn1cc(CO)c2c(Cl)c(C(=O)Nc3ccc(Cl)cc3)cnc21.Cn1cc(CO)c2c(Cl)c(OC=O)cnc21.O=C=O.O=C=O.O=C=O.O=C=O.O=P(Cl)(Cl)Cl.[Li+].[Li+].[OH-].[OH-]. The van der Waals surface area contributed by atoms with Gasteiger partial charge in [0.2, 0.25) is 0 Å². The van der Waals surface area contributed by atoms with E-state index in [1.54, 1.807) is 114 Å². The molecule has 2 amide bonds. The van der Waals surface area contributed by atoms with Gasteiger partial charge in [0.15, 0.2) is 17.8 Å². The largest absolute Gasteiger partial charge is 1.00 e. The summed E-state index contributed by atoms with van der Waals surface area (Å²) in [5, 5.41) is 42.1. The number of hydrogen-bond acceptors (Lipinski definition) is 29. The minimum atomic E-state index is -3.22. The van der Waals surface area contributed by atoms with Crippen LogP contribution in [0.2, 0.25) is 50.2 Å². The molecule has 0 atom stereocenters. The van der Waals surface area contributed by atoms with E-state index in [1.807, 2.05) is 150 Å². The third kappa shape index (κ3) is 34.8. The zero-order valence-electron chi connectivity index (χ0n) is 82.1. The predicted molar refractivity (Wildman–Crippen MR) is 563 cm³/mol. The van der Waals surface area contributed by atoms with Crippen molar-refractivity contribution in [2.45, 2.75) is 68.3 Å². The van der Waals surface area contributed by atoms with E-state index in [4.69, 9.17) is 164 Å². The first-order chi connectivity index (χ1) is 69.1. The first-order valence-electron chi connectivity index (χ1n) is 41.1. The molecular weight excluding hydrogens is 2230 g/mol. The summed E-state index contributed by atoms with van der Waals surface area (Å²) >= 11 is 75.0. The number of aliphatic hydroxyl groups excluding tert-OH is 3. The molecule has 18 rings (SSSR count). The van der Waals surface area contributed by atoms with Gasteiger partial charge in [-0.2, -0.15) is 38.4 Å². The van der Waals surface area contributed by atoms with Crippen LogP contribution in [-0.4, -0.2) is 158 Å². The molecule has 16 heterocycles. The van der Waals surface area contributed by atoms with Crippen LogP contribution in [0.15, 0.2) is 154 Å². The Labute approximate surface area is 941 Å². The Hall–Kier alpha value is -12.0. The van der Waals surface area contributed by atoms with E-state index in [0.29, 0.717) is 92.3 Å². The van der Waals surface area contributed by atoms with Crippen molar-refractivity contribution in [2.75, 3.05) is 10.6 Å². The maximum absolute atomic E-state index is 12.4. The van der Waals surface area contributed by atoms with Crippen molar-refractivity contribution >= 4 is 310 Å². The summed E-state index contributed by atoms with van der Waals surface area (Å²) in [4.78, 5) is 155. The summed E-state index contributed by atoms with van der Waals surface area (Å²) in [6.45, 7) is 13.9. The second-order valence-electron chi connectivity index (χ2n) is 30.4. The first-order valence-corrected chi connectivity index (χ1v) is 49.3. The van der Waals surface area contributed by atoms with Crippen LogP contribution in [0.1, 0.15) is 86.7 Å². The number of aromatic nitrogens is 16. The van der Waals surface area contributed by atoms with Gasteiger partial charge in [-0.05, 0) is 176 Å². The van der Waals surface area contributed by atoms with Crippen molar-refractivity contribution in [3.8, 4) is 11.5 Å². The molecule has 0 radical (unpaired) electrons. The third-order valence-electron chi connectivity index (χ3n) is 20.4. The number of fused-ring (bicyclic) bond motifs is 8. The van der Waals surface area contributed by atoms with Gasteiger partial charge in [-0.3, -0.25) is 28.5 Å². The molecule has 55 heteroatoms. The fourth-order valence-corrected chi connectivity index (χ4v) is 16.6. The molecule has 0 aliphatic heterocycles. The fourth-order valence-electron chi connectivity index (χ4n) is 14.1. The number of pyridine rings is 8. The van der Waals surface area contributed by atoms with Crippen LogP contribution in [0.5, 0.6) is 11.5 Å². The van der Waals surface area contributed by atoms with Crippen LogP contribution in [0.4, 0.5) is 11.4 Å². The zero-order valence-corrected chi connectivity index (χ0v) is 92.8. The quantitative estimate of drug-likeness (QED) is 0.0431. The Morgan fingerprint density at radius 1 is 0.340 bits per heavy atom. The molecule has 0 aliphatic rings. The van der Waals surface area contributed by atoms with Crippen LogP contribution >= 0.6 is 155 Å². The van der Waals surface area contributed by atoms with Crippen molar-refractivity contribution < 1.29 is 140 Å². The van der Waals surface area contributed by atoms with E-state index in [2.05, 4.69) is 95.9 Å². The fraction of sp³-hybridized carbons (Fsp3) is 0.189. The van der Waals surface area contributed by atoms with Crippen LogP contribution in [0, 0.1) is 48.5 Å². The maximum Gasteiger partial charge on any atom is 1.00 e. The van der Waals surface area contributed by atoms with E-state index in [-0.39, 0.29) is 138 Å². The van der Waals surface area contributed by atoms with E-state index in [9.17, 15) is 38.8 Å². The van der Waals surface area contributed by atoms with Gasteiger partial charge in [-0.1, -0.05) is 116 Å². The second kappa shape index (κ2) is 63.4. The van der Waals surface area contributed by atoms with Crippen molar-refractivity contribution in [1.82, 2.24) is 76.4 Å². The van der Waals surface area contributed by atoms with E-state index >= 15 is 0 Å². The number of anilines is 2. The molecule has 7 N–H and O–H groups in total. The number of ether oxygens (including phenoxy) is 2. The van der Waals surface area contributed by atoms with Gasteiger partial charge in [0.05, 0.1) is 83.5 Å². The molecule has 0 fully saturated rings. The number of hydrogen-bond donors (Lipinski definition) is 5. The normalized spacial score (nSPS) is 9.97. The molecule has 0 saturated carbocycles. The number of aryl methyl sites for hydroxylation is 15. The number of amides is 2. The van der Waals surface area contributed by atoms with Crippen LogP contribution in [0.25, 0.3) is 88.3 Å². The maximum atomic E-state index is 12.4. The van der Waals surface area contributed by atoms with E-state index in [1.165, 1.54) is 30.4 Å². The summed E-state index contributed by atoms with van der Waals surface area (Å²) in [5.74, 6) is -0.206. The number of rotatable bonds is 12. The average Bonchev–Trinajstić information content (AvgIpc) is 1.61. The topological polar surface area (TPSA) is 545 Å². The van der Waals surface area contributed by atoms with Gasteiger partial charge in [0.25, 0.3) is 24.8 Å². The van der Waals surface area contributed by atoms with Gasteiger partial charge in [0.1, 0.15) is 45.2 Å². The summed E-state index contributed by atoms with van der Waals surface area (Å²) < 4.78 is 33.8. The minimum absolute atomic E-state index is 0. The Morgan fingerprint density at radius 2 is 0.587 bits per heavy atom. The number of halogens is 13. The Morgan fingerprint density at radius 3 is 0.920 bits per heavy atom. The smallest absolute Gasteiger partial charge is 0.870 e. The number of benzene rings is 2. The van der Waals surface area contributed by atoms with Crippen LogP contribution in [-0.2, 0) is 129 Å².